The lowest BCUT2D eigenvalue weighted by molar-refractivity contribution is -0.137. The van der Waals surface area contributed by atoms with Gasteiger partial charge in [0, 0.05) is 23.2 Å². The molecule has 7 heteroatoms. The van der Waals surface area contributed by atoms with Gasteiger partial charge >= 0.3 is 6.18 Å². The summed E-state index contributed by atoms with van der Waals surface area (Å²) in [5.74, 6) is -1.19. The number of nitrogens with one attached hydrogen (secondary N) is 1. The Kier molecular flexibility index (Phi) is 6.36. The molecule has 0 unspecified atom stereocenters. The van der Waals surface area contributed by atoms with Crippen LogP contribution in [0.4, 0.5) is 24.5 Å². The first-order chi connectivity index (χ1) is 16.3. The molecule has 0 aromatic heterocycles. The number of carbonyl (C=O) groups excluding carboxylic acids is 2. The van der Waals surface area contributed by atoms with Gasteiger partial charge in [0.2, 0.25) is 0 Å². The van der Waals surface area contributed by atoms with Gasteiger partial charge in [-0.3, -0.25) is 9.59 Å². The molecular formula is C27H21F3N2O2. The Morgan fingerprint density at radius 3 is 2.29 bits per heavy atom. The molecule has 4 nitrogen and oxygen atoms in total. The zero-order valence-corrected chi connectivity index (χ0v) is 18.3. The maximum atomic E-state index is 13.4. The third-order valence-electron chi connectivity index (χ3n) is 5.46. The van der Waals surface area contributed by atoms with Gasteiger partial charge in [-0.15, -0.1) is 0 Å². The predicted octanol–water partition coefficient (Wildman–Crippen LogP) is 6.78. The van der Waals surface area contributed by atoms with E-state index in [1.54, 1.807) is 17.0 Å². The van der Waals surface area contributed by atoms with Crippen LogP contribution in [0.5, 0.6) is 0 Å². The van der Waals surface area contributed by atoms with Crippen molar-refractivity contribution in [2.24, 2.45) is 0 Å². The summed E-state index contributed by atoms with van der Waals surface area (Å²) in [6, 6.07) is 24.2. The minimum atomic E-state index is -4.66. The number of carbonyl (C=O) groups is 2. The highest BCUT2D eigenvalue weighted by Crippen LogP contribution is 2.32. The van der Waals surface area contributed by atoms with Crippen molar-refractivity contribution in [2.75, 3.05) is 16.8 Å². The molecule has 4 aromatic carbocycles. The van der Waals surface area contributed by atoms with Gasteiger partial charge in [-0.05, 0) is 48.7 Å². The number of alkyl halides is 3. The van der Waals surface area contributed by atoms with Gasteiger partial charge in [-0.1, -0.05) is 54.6 Å². The van der Waals surface area contributed by atoms with Crippen LogP contribution in [0.2, 0.25) is 0 Å². The van der Waals surface area contributed by atoms with Gasteiger partial charge < -0.3 is 10.2 Å². The van der Waals surface area contributed by atoms with Gasteiger partial charge in [-0.25, -0.2) is 0 Å². The zero-order valence-electron chi connectivity index (χ0n) is 18.3. The minimum absolute atomic E-state index is 0.224. The van der Waals surface area contributed by atoms with E-state index in [-0.39, 0.29) is 11.6 Å². The maximum Gasteiger partial charge on any atom is 0.417 e. The Morgan fingerprint density at radius 1 is 0.853 bits per heavy atom. The molecule has 0 fully saturated rings. The summed E-state index contributed by atoms with van der Waals surface area (Å²) in [4.78, 5) is 27.6. The van der Waals surface area contributed by atoms with Crippen molar-refractivity contribution in [3.8, 4) is 0 Å². The Bertz CT molecular complexity index is 1360. The molecule has 0 spiro atoms. The van der Waals surface area contributed by atoms with Gasteiger partial charge in [0.05, 0.1) is 16.8 Å². The van der Waals surface area contributed by atoms with E-state index in [1.807, 2.05) is 49.4 Å². The van der Waals surface area contributed by atoms with Crippen LogP contribution in [-0.2, 0) is 6.18 Å². The van der Waals surface area contributed by atoms with Crippen molar-refractivity contribution in [3.63, 3.8) is 0 Å². The molecule has 0 bridgehead atoms. The third kappa shape index (κ3) is 4.64. The smallest absolute Gasteiger partial charge is 0.322 e. The van der Waals surface area contributed by atoms with Crippen LogP contribution >= 0.6 is 0 Å². The summed E-state index contributed by atoms with van der Waals surface area (Å²) in [7, 11) is 0. The number of halogens is 3. The summed E-state index contributed by atoms with van der Waals surface area (Å²) in [6.07, 6.45) is -4.66. The minimum Gasteiger partial charge on any atom is -0.322 e. The Morgan fingerprint density at radius 2 is 1.53 bits per heavy atom. The second kappa shape index (κ2) is 9.39. The number of anilines is 2. The van der Waals surface area contributed by atoms with Crippen LogP contribution in [-0.4, -0.2) is 18.4 Å². The van der Waals surface area contributed by atoms with E-state index in [0.717, 1.165) is 28.6 Å². The monoisotopic (exact) mass is 462 g/mol. The number of benzene rings is 4. The molecule has 0 aliphatic heterocycles. The molecule has 0 aliphatic carbocycles. The molecule has 0 aliphatic rings. The predicted molar refractivity (Wildman–Crippen MR) is 127 cm³/mol. The van der Waals surface area contributed by atoms with Crippen molar-refractivity contribution in [3.05, 3.63) is 108 Å². The fraction of sp³-hybridized carbons (Fsp3) is 0.111. The van der Waals surface area contributed by atoms with E-state index in [9.17, 15) is 22.8 Å². The molecule has 0 heterocycles. The highest BCUT2D eigenvalue weighted by Gasteiger charge is 2.34. The molecule has 172 valence electrons. The quantitative estimate of drug-likeness (QED) is 0.356. The molecule has 1 N–H and O–H groups in total. The third-order valence-corrected chi connectivity index (χ3v) is 5.46. The van der Waals surface area contributed by atoms with E-state index >= 15 is 0 Å². The fourth-order valence-electron chi connectivity index (χ4n) is 3.88. The first-order valence-electron chi connectivity index (χ1n) is 10.7. The van der Waals surface area contributed by atoms with Crippen LogP contribution in [0.25, 0.3) is 10.8 Å². The van der Waals surface area contributed by atoms with E-state index < -0.39 is 23.2 Å². The number of hydrogen-bond donors (Lipinski definition) is 1. The summed E-state index contributed by atoms with van der Waals surface area (Å²) in [5, 5.41) is 4.40. The van der Waals surface area contributed by atoms with Crippen molar-refractivity contribution >= 4 is 34.0 Å². The Balaban J connectivity index is 1.62. The summed E-state index contributed by atoms with van der Waals surface area (Å²) in [5.41, 5.74) is -0.233. The molecular weight excluding hydrogens is 441 g/mol. The average molecular weight is 462 g/mol. The molecule has 0 radical (unpaired) electrons. The zero-order chi connectivity index (χ0) is 24.3. The highest BCUT2D eigenvalue weighted by atomic mass is 19.4. The van der Waals surface area contributed by atoms with Gasteiger partial charge in [0.25, 0.3) is 11.8 Å². The van der Waals surface area contributed by atoms with E-state index in [4.69, 9.17) is 0 Å². The van der Waals surface area contributed by atoms with Crippen LogP contribution < -0.4 is 10.2 Å². The standard InChI is InChI=1S/C27H21F3N2O2/c1-2-32(24-16-8-10-18-9-3-4-13-21(18)24)26(34)19-11-7-12-20(17-19)31-25(33)22-14-5-6-15-23(22)27(28,29)30/h3-17H,2H2,1H3,(H,31,33). The van der Waals surface area contributed by atoms with E-state index in [2.05, 4.69) is 5.32 Å². The average Bonchev–Trinajstić information content (AvgIpc) is 2.84. The maximum absolute atomic E-state index is 13.4. The van der Waals surface area contributed by atoms with Crippen molar-refractivity contribution < 1.29 is 22.8 Å². The first-order valence-corrected chi connectivity index (χ1v) is 10.7. The van der Waals surface area contributed by atoms with Crippen molar-refractivity contribution in [1.29, 1.82) is 0 Å². The summed E-state index contributed by atoms with van der Waals surface area (Å²) < 4.78 is 39.9. The van der Waals surface area contributed by atoms with Crippen LogP contribution in [0.1, 0.15) is 33.2 Å². The normalized spacial score (nSPS) is 11.3. The number of hydrogen-bond acceptors (Lipinski definition) is 2. The number of rotatable bonds is 5. The highest BCUT2D eigenvalue weighted by molar-refractivity contribution is 6.12. The molecule has 0 atom stereocenters. The van der Waals surface area contributed by atoms with E-state index in [0.29, 0.717) is 12.1 Å². The van der Waals surface area contributed by atoms with Crippen molar-refractivity contribution in [1.82, 2.24) is 0 Å². The fourth-order valence-corrected chi connectivity index (χ4v) is 3.88. The van der Waals surface area contributed by atoms with Crippen LogP contribution in [0, 0.1) is 0 Å². The lowest BCUT2D eigenvalue weighted by atomic mass is 10.1. The molecule has 0 saturated heterocycles. The van der Waals surface area contributed by atoms with E-state index in [1.165, 1.54) is 24.3 Å². The molecule has 34 heavy (non-hydrogen) atoms. The molecule has 4 rings (SSSR count). The SMILES string of the molecule is CCN(C(=O)c1cccc(NC(=O)c2ccccc2C(F)(F)F)c1)c1cccc2ccccc12. The number of amides is 2. The topological polar surface area (TPSA) is 49.4 Å². The number of fused-ring (bicyclic) bond motifs is 1. The molecule has 0 saturated carbocycles. The summed E-state index contributed by atoms with van der Waals surface area (Å²) >= 11 is 0. The number of nitrogens with zero attached hydrogens (tertiary/aromatic N) is 1. The first kappa shape index (κ1) is 23.0. The summed E-state index contributed by atoms with van der Waals surface area (Å²) in [6.45, 7) is 2.27. The lowest BCUT2D eigenvalue weighted by Crippen LogP contribution is -2.30. The second-order valence-electron chi connectivity index (χ2n) is 7.63. The van der Waals surface area contributed by atoms with Gasteiger partial charge in [0.1, 0.15) is 0 Å². The molecule has 2 amide bonds. The largest absolute Gasteiger partial charge is 0.417 e. The van der Waals surface area contributed by atoms with Crippen molar-refractivity contribution in [2.45, 2.75) is 13.1 Å². The second-order valence-corrected chi connectivity index (χ2v) is 7.63. The van der Waals surface area contributed by atoms with Gasteiger partial charge in [0.15, 0.2) is 0 Å². The Hall–Kier alpha value is -4.13. The van der Waals surface area contributed by atoms with Crippen LogP contribution in [0.15, 0.2) is 91.0 Å². The van der Waals surface area contributed by atoms with Crippen LogP contribution in [0.3, 0.4) is 0 Å². The lowest BCUT2D eigenvalue weighted by Gasteiger charge is -2.23. The molecule has 4 aromatic rings. The van der Waals surface area contributed by atoms with Gasteiger partial charge in [-0.2, -0.15) is 13.2 Å². The Labute approximate surface area is 194 Å².